The molecular formula is C19H25F2N3. The van der Waals surface area contributed by atoms with E-state index in [1.165, 1.54) is 0 Å². The fourth-order valence-corrected chi connectivity index (χ4v) is 3.89. The van der Waals surface area contributed by atoms with Gasteiger partial charge in [-0.3, -0.25) is 0 Å². The van der Waals surface area contributed by atoms with Crippen LogP contribution in [0.2, 0.25) is 0 Å². The summed E-state index contributed by atoms with van der Waals surface area (Å²) in [6.07, 6.45) is 0.749. The number of alkyl halides is 1. The van der Waals surface area contributed by atoms with Crippen molar-refractivity contribution in [2.45, 2.75) is 65.7 Å². The number of hydrogen-bond donors (Lipinski definition) is 1. The molecule has 0 spiro atoms. The van der Waals surface area contributed by atoms with Gasteiger partial charge in [0.1, 0.15) is 11.5 Å². The lowest BCUT2D eigenvalue weighted by Crippen LogP contribution is -2.34. The zero-order chi connectivity index (χ0) is 17.6. The second-order valence-electron chi connectivity index (χ2n) is 6.49. The number of halogens is 2. The Morgan fingerprint density at radius 2 is 1.75 bits per heavy atom. The van der Waals surface area contributed by atoms with E-state index in [2.05, 4.69) is 10.4 Å². The van der Waals surface area contributed by atoms with Gasteiger partial charge in [0.15, 0.2) is 6.17 Å². The van der Waals surface area contributed by atoms with Crippen LogP contribution in [-0.4, -0.2) is 15.8 Å². The lowest BCUT2D eigenvalue weighted by molar-refractivity contribution is 0.244. The molecule has 1 aromatic carbocycles. The fraction of sp³-hybridized carbons (Fsp3) is 0.526. The molecule has 4 rings (SSSR count). The van der Waals surface area contributed by atoms with Gasteiger partial charge < -0.3 is 5.32 Å². The van der Waals surface area contributed by atoms with Crippen LogP contribution in [0.4, 0.5) is 8.78 Å². The Bertz CT molecular complexity index is 743. The zero-order valence-electron chi connectivity index (χ0n) is 15.0. The highest BCUT2D eigenvalue weighted by atomic mass is 19.1. The molecule has 130 valence electrons. The van der Waals surface area contributed by atoms with Crippen molar-refractivity contribution >= 4 is 0 Å². The third-order valence-electron chi connectivity index (χ3n) is 5.00. The van der Waals surface area contributed by atoms with Gasteiger partial charge in [-0.05, 0) is 56.9 Å². The van der Waals surface area contributed by atoms with Crippen molar-refractivity contribution in [3.63, 3.8) is 0 Å². The predicted molar refractivity (Wildman–Crippen MR) is 91.8 cm³/mol. The minimum atomic E-state index is -1.06. The Labute approximate surface area is 142 Å². The quantitative estimate of drug-likeness (QED) is 0.814. The number of rotatable bonds is 1. The van der Waals surface area contributed by atoms with Gasteiger partial charge in [-0.15, -0.1) is 0 Å². The van der Waals surface area contributed by atoms with E-state index in [4.69, 9.17) is 0 Å². The molecule has 1 saturated heterocycles. The summed E-state index contributed by atoms with van der Waals surface area (Å²) < 4.78 is 30.2. The monoisotopic (exact) mass is 333 g/mol. The average Bonchev–Trinajstić information content (AvgIpc) is 3.15. The summed E-state index contributed by atoms with van der Waals surface area (Å²) in [6.45, 7) is 9.45. The van der Waals surface area contributed by atoms with Crippen LogP contribution in [0.25, 0.3) is 5.69 Å². The van der Waals surface area contributed by atoms with E-state index < -0.39 is 6.17 Å². The van der Waals surface area contributed by atoms with E-state index in [1.54, 1.807) is 30.7 Å². The highest BCUT2D eigenvalue weighted by Crippen LogP contribution is 2.44. The molecule has 3 nitrogen and oxygen atoms in total. The summed E-state index contributed by atoms with van der Waals surface area (Å²) in [7, 11) is 0. The molecule has 0 radical (unpaired) electrons. The molecule has 24 heavy (non-hydrogen) atoms. The van der Waals surface area contributed by atoms with E-state index in [9.17, 15) is 8.78 Å². The van der Waals surface area contributed by atoms with Gasteiger partial charge in [0, 0.05) is 23.3 Å². The fourth-order valence-electron chi connectivity index (χ4n) is 3.89. The maximum absolute atomic E-state index is 14.6. The van der Waals surface area contributed by atoms with Gasteiger partial charge in [-0.1, -0.05) is 13.8 Å². The standard InChI is InChI=1S/C17H19F2N3.C2H6/c1-8-6-11(7-9(2)15(8)18)22-10(3)14-12-4-5-13(20-12)16(19)17(14)21-22;1-2/h6-7,12-13,16,20H,4-5H2,1-3H3;1-2H3/t12?,13?,16-;/m0./s1. The molecule has 1 aromatic heterocycles. The summed E-state index contributed by atoms with van der Waals surface area (Å²) in [5, 5.41) is 7.88. The molecule has 3 heterocycles. The van der Waals surface area contributed by atoms with Crippen LogP contribution in [0.5, 0.6) is 0 Å². The Kier molecular flexibility index (Phi) is 4.47. The largest absolute Gasteiger partial charge is 0.304 e. The number of aryl methyl sites for hydroxylation is 2. The van der Waals surface area contributed by atoms with Crippen LogP contribution in [0, 0.1) is 26.6 Å². The van der Waals surface area contributed by atoms with Crippen molar-refractivity contribution in [2.24, 2.45) is 0 Å². The molecule has 2 unspecified atom stereocenters. The van der Waals surface area contributed by atoms with Crippen LogP contribution in [0.1, 0.15) is 67.0 Å². The van der Waals surface area contributed by atoms with Crippen LogP contribution >= 0.6 is 0 Å². The van der Waals surface area contributed by atoms with Crippen molar-refractivity contribution in [3.8, 4) is 5.69 Å². The van der Waals surface area contributed by atoms with Gasteiger partial charge >= 0.3 is 0 Å². The lowest BCUT2D eigenvalue weighted by atomic mass is 9.99. The number of aromatic nitrogens is 2. The van der Waals surface area contributed by atoms with Gasteiger partial charge in [-0.2, -0.15) is 5.10 Å². The molecule has 2 bridgehead atoms. The smallest absolute Gasteiger partial charge is 0.159 e. The maximum Gasteiger partial charge on any atom is 0.159 e. The Morgan fingerprint density at radius 3 is 2.38 bits per heavy atom. The summed E-state index contributed by atoms with van der Waals surface area (Å²) in [5.74, 6) is -0.192. The van der Waals surface area contributed by atoms with Crippen LogP contribution in [0.3, 0.4) is 0 Å². The average molecular weight is 333 g/mol. The molecule has 2 aromatic rings. The van der Waals surface area contributed by atoms with Crippen molar-refractivity contribution in [1.29, 1.82) is 0 Å². The Balaban J connectivity index is 0.000000815. The molecule has 0 saturated carbocycles. The third kappa shape index (κ3) is 2.46. The topological polar surface area (TPSA) is 29.9 Å². The van der Waals surface area contributed by atoms with E-state index in [1.807, 2.05) is 20.8 Å². The number of nitrogens with one attached hydrogen (secondary N) is 1. The molecule has 1 N–H and O–H groups in total. The molecule has 0 aliphatic carbocycles. The highest BCUT2D eigenvalue weighted by molar-refractivity contribution is 5.45. The number of nitrogens with zero attached hydrogens (tertiary/aromatic N) is 2. The molecule has 1 fully saturated rings. The highest BCUT2D eigenvalue weighted by Gasteiger charge is 2.43. The zero-order valence-corrected chi connectivity index (χ0v) is 15.0. The first-order valence-electron chi connectivity index (χ1n) is 8.74. The first-order chi connectivity index (χ1) is 11.5. The van der Waals surface area contributed by atoms with E-state index in [0.29, 0.717) is 16.8 Å². The number of fused-ring (bicyclic) bond motifs is 4. The van der Waals surface area contributed by atoms with E-state index >= 15 is 0 Å². The molecule has 0 amide bonds. The first kappa shape index (κ1) is 17.1. The Hall–Kier alpha value is -1.75. The molecule has 3 atom stereocenters. The SMILES string of the molecule is CC.Cc1cc(-n2nc3c(c2C)C2CCC(N2)[C@@H]3F)cc(C)c1F. The predicted octanol–water partition coefficient (Wildman–Crippen LogP) is 4.78. The number of hydrogen-bond acceptors (Lipinski definition) is 2. The minimum Gasteiger partial charge on any atom is -0.304 e. The summed E-state index contributed by atoms with van der Waals surface area (Å²) in [5.41, 5.74) is 4.45. The van der Waals surface area contributed by atoms with Crippen molar-refractivity contribution in [2.75, 3.05) is 0 Å². The maximum atomic E-state index is 14.6. The summed E-state index contributed by atoms with van der Waals surface area (Å²) in [6, 6.07) is 3.62. The summed E-state index contributed by atoms with van der Waals surface area (Å²) >= 11 is 0. The first-order valence-corrected chi connectivity index (χ1v) is 8.74. The normalized spacial score (nSPS) is 24.4. The van der Waals surface area contributed by atoms with E-state index in [0.717, 1.165) is 29.8 Å². The lowest BCUT2D eigenvalue weighted by Gasteiger charge is -2.24. The molecule has 5 heteroatoms. The van der Waals surface area contributed by atoms with Crippen LogP contribution in [-0.2, 0) is 0 Å². The minimum absolute atomic E-state index is 0.114. The van der Waals surface area contributed by atoms with Crippen LogP contribution in [0.15, 0.2) is 12.1 Å². The van der Waals surface area contributed by atoms with Gasteiger partial charge in [0.2, 0.25) is 0 Å². The molecule has 2 aliphatic heterocycles. The van der Waals surface area contributed by atoms with E-state index in [-0.39, 0.29) is 17.9 Å². The van der Waals surface area contributed by atoms with Gasteiger partial charge in [-0.25, -0.2) is 13.5 Å². The number of benzene rings is 1. The van der Waals surface area contributed by atoms with Crippen molar-refractivity contribution in [3.05, 3.63) is 46.0 Å². The second-order valence-corrected chi connectivity index (χ2v) is 6.49. The van der Waals surface area contributed by atoms with Gasteiger partial charge in [0.25, 0.3) is 0 Å². The second kappa shape index (κ2) is 6.28. The third-order valence-corrected chi connectivity index (χ3v) is 5.00. The molecule has 2 aliphatic rings. The molecular weight excluding hydrogens is 308 g/mol. The van der Waals surface area contributed by atoms with Crippen molar-refractivity contribution in [1.82, 2.24) is 15.1 Å². The van der Waals surface area contributed by atoms with Crippen molar-refractivity contribution < 1.29 is 8.78 Å². The Morgan fingerprint density at radius 1 is 1.12 bits per heavy atom. The summed E-state index contributed by atoms with van der Waals surface area (Å²) in [4.78, 5) is 0. The van der Waals surface area contributed by atoms with Gasteiger partial charge in [0.05, 0.1) is 5.69 Å². The van der Waals surface area contributed by atoms with Crippen LogP contribution < -0.4 is 5.32 Å².